The summed E-state index contributed by atoms with van der Waals surface area (Å²) >= 11 is 0. The zero-order chi connectivity index (χ0) is 14.4. The van der Waals surface area contributed by atoms with Gasteiger partial charge >= 0.3 is 0 Å². The molecule has 1 amide bonds. The molecule has 0 bridgehead atoms. The lowest BCUT2D eigenvalue weighted by molar-refractivity contribution is -0.120. The van der Waals surface area contributed by atoms with Gasteiger partial charge in [0.15, 0.2) is 0 Å². The summed E-state index contributed by atoms with van der Waals surface area (Å²) in [5.41, 5.74) is 1.62. The first kappa shape index (κ1) is 14.1. The molecule has 0 heterocycles. The highest BCUT2D eigenvalue weighted by Gasteiger charge is 2.04. The molecule has 0 aliphatic rings. The maximum absolute atomic E-state index is 13.0. The minimum atomic E-state index is -0.301. The highest BCUT2D eigenvalue weighted by Crippen LogP contribution is 2.13. The van der Waals surface area contributed by atoms with Gasteiger partial charge in [-0.2, -0.15) is 0 Å². The lowest BCUT2D eigenvalue weighted by atomic mass is 10.1. The van der Waals surface area contributed by atoms with Crippen LogP contribution in [0.2, 0.25) is 0 Å². The Morgan fingerprint density at radius 2 is 1.90 bits per heavy atom. The monoisotopic (exact) mass is 273 g/mol. The largest absolute Gasteiger partial charge is 0.497 e. The Labute approximate surface area is 117 Å². The van der Waals surface area contributed by atoms with Crippen LogP contribution in [-0.2, 0) is 17.8 Å². The fourth-order valence-electron chi connectivity index (χ4n) is 1.88. The number of hydrogen-bond donors (Lipinski definition) is 1. The molecule has 0 atom stereocenters. The minimum absolute atomic E-state index is 0.109. The van der Waals surface area contributed by atoms with E-state index in [2.05, 4.69) is 5.32 Å². The number of halogens is 1. The van der Waals surface area contributed by atoms with Crippen LogP contribution in [0.3, 0.4) is 0 Å². The van der Waals surface area contributed by atoms with Crippen molar-refractivity contribution in [3.05, 3.63) is 65.5 Å². The second-order valence-electron chi connectivity index (χ2n) is 4.43. The van der Waals surface area contributed by atoms with Gasteiger partial charge in [0.1, 0.15) is 11.6 Å². The normalized spacial score (nSPS) is 10.1. The zero-order valence-corrected chi connectivity index (χ0v) is 11.2. The Hall–Kier alpha value is -2.36. The quantitative estimate of drug-likeness (QED) is 0.909. The van der Waals surface area contributed by atoms with Gasteiger partial charge in [0.2, 0.25) is 5.91 Å². The molecule has 4 heteroatoms. The minimum Gasteiger partial charge on any atom is -0.497 e. The van der Waals surface area contributed by atoms with Crippen LogP contribution >= 0.6 is 0 Å². The molecule has 1 N–H and O–H groups in total. The number of carbonyl (C=O) groups excluding carboxylic acids is 1. The van der Waals surface area contributed by atoms with Crippen LogP contribution in [0, 0.1) is 5.82 Å². The number of nitrogens with one attached hydrogen (secondary N) is 1. The van der Waals surface area contributed by atoms with Gasteiger partial charge in [0, 0.05) is 6.54 Å². The van der Waals surface area contributed by atoms with E-state index in [1.165, 1.54) is 12.1 Å². The van der Waals surface area contributed by atoms with Crippen molar-refractivity contribution in [1.29, 1.82) is 0 Å². The predicted octanol–water partition coefficient (Wildman–Crippen LogP) is 2.69. The number of methoxy groups -OCH3 is 1. The van der Waals surface area contributed by atoms with Gasteiger partial charge in [-0.1, -0.05) is 24.3 Å². The van der Waals surface area contributed by atoms with Crippen LogP contribution in [0.15, 0.2) is 48.5 Å². The third kappa shape index (κ3) is 4.09. The Bertz CT molecular complexity index is 599. The number of carbonyl (C=O) groups is 1. The van der Waals surface area contributed by atoms with Gasteiger partial charge in [-0.05, 0) is 35.4 Å². The van der Waals surface area contributed by atoms with Crippen LogP contribution in [0.4, 0.5) is 4.39 Å². The number of benzene rings is 2. The molecule has 0 fully saturated rings. The second-order valence-corrected chi connectivity index (χ2v) is 4.43. The fourth-order valence-corrected chi connectivity index (χ4v) is 1.88. The van der Waals surface area contributed by atoms with Gasteiger partial charge in [-0.25, -0.2) is 4.39 Å². The first-order chi connectivity index (χ1) is 9.67. The molecular formula is C16H16FNO2. The zero-order valence-electron chi connectivity index (χ0n) is 11.2. The van der Waals surface area contributed by atoms with Gasteiger partial charge < -0.3 is 10.1 Å². The van der Waals surface area contributed by atoms with Crippen molar-refractivity contribution < 1.29 is 13.9 Å². The molecule has 0 saturated carbocycles. The van der Waals surface area contributed by atoms with Crippen molar-refractivity contribution >= 4 is 5.91 Å². The van der Waals surface area contributed by atoms with Crippen LogP contribution in [-0.4, -0.2) is 13.0 Å². The van der Waals surface area contributed by atoms with E-state index in [1.807, 2.05) is 24.3 Å². The first-order valence-electron chi connectivity index (χ1n) is 6.31. The van der Waals surface area contributed by atoms with Gasteiger partial charge in [0.25, 0.3) is 0 Å². The summed E-state index contributed by atoms with van der Waals surface area (Å²) in [7, 11) is 1.59. The molecule has 20 heavy (non-hydrogen) atoms. The fraction of sp³-hybridized carbons (Fsp3) is 0.188. The van der Waals surface area contributed by atoms with E-state index in [4.69, 9.17) is 4.74 Å². The van der Waals surface area contributed by atoms with Crippen molar-refractivity contribution in [2.24, 2.45) is 0 Å². The molecule has 0 aliphatic carbocycles. The Kier molecular flexibility index (Phi) is 4.71. The van der Waals surface area contributed by atoms with E-state index < -0.39 is 0 Å². The SMILES string of the molecule is COc1cccc(CC(=O)NCc2cccc(F)c2)c1. The molecule has 2 aromatic carbocycles. The maximum atomic E-state index is 13.0. The molecule has 3 nitrogen and oxygen atoms in total. The lowest BCUT2D eigenvalue weighted by Crippen LogP contribution is -2.24. The van der Waals surface area contributed by atoms with Crippen LogP contribution < -0.4 is 10.1 Å². The van der Waals surface area contributed by atoms with Gasteiger partial charge in [-0.3, -0.25) is 4.79 Å². The number of amides is 1. The summed E-state index contributed by atoms with van der Waals surface area (Å²) in [5.74, 6) is 0.312. The maximum Gasteiger partial charge on any atom is 0.224 e. The summed E-state index contributed by atoms with van der Waals surface area (Å²) in [4.78, 5) is 11.8. The van der Waals surface area contributed by atoms with Crippen molar-refractivity contribution in [3.8, 4) is 5.75 Å². The Morgan fingerprint density at radius 3 is 2.65 bits per heavy atom. The third-order valence-corrected chi connectivity index (χ3v) is 2.88. The van der Waals surface area contributed by atoms with E-state index in [0.717, 1.165) is 16.9 Å². The average molecular weight is 273 g/mol. The lowest BCUT2D eigenvalue weighted by Gasteiger charge is -2.07. The number of rotatable bonds is 5. The van der Waals surface area contributed by atoms with Crippen LogP contribution in [0.25, 0.3) is 0 Å². The summed E-state index contributed by atoms with van der Waals surface area (Å²) in [5, 5.41) is 2.77. The van der Waals surface area contributed by atoms with Gasteiger partial charge in [0.05, 0.1) is 13.5 Å². The standard InChI is InChI=1S/C16H16FNO2/c1-20-15-7-3-4-12(9-15)10-16(19)18-11-13-5-2-6-14(17)8-13/h2-9H,10-11H2,1H3,(H,18,19). The van der Waals surface area contributed by atoms with Crippen LogP contribution in [0.5, 0.6) is 5.75 Å². The number of ether oxygens (including phenoxy) is 1. The summed E-state index contributed by atoms with van der Waals surface area (Å²) in [6.45, 7) is 0.320. The van der Waals surface area contributed by atoms with Gasteiger partial charge in [-0.15, -0.1) is 0 Å². The molecular weight excluding hydrogens is 257 g/mol. The van der Waals surface area contributed by atoms with Crippen molar-refractivity contribution in [2.45, 2.75) is 13.0 Å². The summed E-state index contributed by atoms with van der Waals surface area (Å²) in [6.07, 6.45) is 0.270. The molecule has 0 aromatic heterocycles. The van der Waals surface area contributed by atoms with Crippen molar-refractivity contribution in [1.82, 2.24) is 5.32 Å². The molecule has 0 unspecified atom stereocenters. The molecule has 0 radical (unpaired) electrons. The molecule has 104 valence electrons. The smallest absolute Gasteiger partial charge is 0.224 e. The van der Waals surface area contributed by atoms with E-state index in [9.17, 15) is 9.18 Å². The van der Waals surface area contributed by atoms with E-state index in [-0.39, 0.29) is 18.1 Å². The van der Waals surface area contributed by atoms with Crippen molar-refractivity contribution in [2.75, 3.05) is 7.11 Å². The van der Waals surface area contributed by atoms with E-state index in [1.54, 1.807) is 19.2 Å². The topological polar surface area (TPSA) is 38.3 Å². The second kappa shape index (κ2) is 6.70. The third-order valence-electron chi connectivity index (χ3n) is 2.88. The van der Waals surface area contributed by atoms with E-state index >= 15 is 0 Å². The Balaban J connectivity index is 1.89. The Morgan fingerprint density at radius 1 is 1.15 bits per heavy atom. The average Bonchev–Trinajstić information content (AvgIpc) is 2.45. The van der Waals surface area contributed by atoms with Crippen LogP contribution in [0.1, 0.15) is 11.1 Å². The van der Waals surface area contributed by atoms with Crippen molar-refractivity contribution in [3.63, 3.8) is 0 Å². The number of hydrogen-bond acceptors (Lipinski definition) is 2. The summed E-state index contributed by atoms with van der Waals surface area (Å²) in [6, 6.07) is 13.5. The molecule has 0 aliphatic heterocycles. The molecule has 0 saturated heterocycles. The summed E-state index contributed by atoms with van der Waals surface area (Å²) < 4.78 is 18.1. The highest BCUT2D eigenvalue weighted by molar-refractivity contribution is 5.78. The molecule has 2 aromatic rings. The molecule has 2 rings (SSSR count). The molecule has 0 spiro atoms. The first-order valence-corrected chi connectivity index (χ1v) is 6.31. The van der Waals surface area contributed by atoms with E-state index in [0.29, 0.717) is 6.54 Å². The predicted molar refractivity (Wildman–Crippen MR) is 74.9 cm³/mol. The highest BCUT2D eigenvalue weighted by atomic mass is 19.1.